The standard InChI is InChI=1S/C24H12N6/c25-11-19-5-7-23(9-21(19)13-27)29-15-17-1-2-18(4-3-17)16-30-24-8-6-20(12-26)22(10-24)14-28/h1-10,15-16H. The minimum atomic E-state index is 0.293. The lowest BCUT2D eigenvalue weighted by atomic mass is 10.1. The van der Waals surface area contributed by atoms with Crippen LogP contribution in [0.15, 0.2) is 70.6 Å². The van der Waals surface area contributed by atoms with Crippen molar-refractivity contribution in [3.05, 3.63) is 94.0 Å². The Morgan fingerprint density at radius 1 is 0.500 bits per heavy atom. The third-order valence-corrected chi connectivity index (χ3v) is 4.15. The third kappa shape index (κ3) is 4.62. The molecule has 0 fully saturated rings. The monoisotopic (exact) mass is 384 g/mol. The molecule has 0 atom stereocenters. The van der Waals surface area contributed by atoms with Crippen LogP contribution >= 0.6 is 0 Å². The molecule has 30 heavy (non-hydrogen) atoms. The number of benzene rings is 3. The first-order valence-electron chi connectivity index (χ1n) is 8.73. The average molecular weight is 384 g/mol. The second-order valence-corrected chi connectivity index (χ2v) is 6.09. The van der Waals surface area contributed by atoms with Crippen molar-refractivity contribution in [3.63, 3.8) is 0 Å². The van der Waals surface area contributed by atoms with Gasteiger partial charge in [0.2, 0.25) is 0 Å². The number of aliphatic imine (C=N–C) groups is 2. The normalized spacial score (nSPS) is 10.3. The summed E-state index contributed by atoms with van der Waals surface area (Å²) >= 11 is 0. The summed E-state index contributed by atoms with van der Waals surface area (Å²) < 4.78 is 0. The highest BCUT2D eigenvalue weighted by Crippen LogP contribution is 2.19. The molecule has 0 aliphatic heterocycles. The number of hydrogen-bond donors (Lipinski definition) is 0. The minimum absolute atomic E-state index is 0.293. The first kappa shape index (κ1) is 19.7. The fourth-order valence-electron chi connectivity index (χ4n) is 2.57. The molecule has 0 amide bonds. The van der Waals surface area contributed by atoms with Gasteiger partial charge in [-0.15, -0.1) is 0 Å². The second-order valence-electron chi connectivity index (χ2n) is 6.09. The predicted molar refractivity (Wildman–Crippen MR) is 113 cm³/mol. The fraction of sp³-hybridized carbons (Fsp3) is 0. The van der Waals surface area contributed by atoms with Gasteiger partial charge in [0.1, 0.15) is 24.3 Å². The molecule has 0 saturated heterocycles. The van der Waals surface area contributed by atoms with Crippen molar-refractivity contribution in [3.8, 4) is 24.3 Å². The van der Waals surface area contributed by atoms with Crippen LogP contribution in [0.4, 0.5) is 11.4 Å². The van der Waals surface area contributed by atoms with E-state index in [4.69, 9.17) is 21.0 Å². The van der Waals surface area contributed by atoms with Gasteiger partial charge in [0.25, 0.3) is 0 Å². The first-order valence-corrected chi connectivity index (χ1v) is 8.73. The quantitative estimate of drug-likeness (QED) is 0.607. The average Bonchev–Trinajstić information content (AvgIpc) is 2.81. The summed E-state index contributed by atoms with van der Waals surface area (Å²) in [7, 11) is 0. The largest absolute Gasteiger partial charge is 0.256 e. The number of rotatable bonds is 4. The van der Waals surface area contributed by atoms with Crippen molar-refractivity contribution in [2.24, 2.45) is 9.98 Å². The van der Waals surface area contributed by atoms with E-state index in [1.165, 1.54) is 0 Å². The zero-order valence-electron chi connectivity index (χ0n) is 15.6. The second kappa shape index (κ2) is 9.25. The molecular weight excluding hydrogens is 372 g/mol. The Morgan fingerprint density at radius 2 is 0.867 bits per heavy atom. The smallest absolute Gasteiger partial charge is 0.101 e. The van der Waals surface area contributed by atoms with Crippen LogP contribution in [0.5, 0.6) is 0 Å². The first-order chi connectivity index (χ1) is 14.7. The van der Waals surface area contributed by atoms with Crippen LogP contribution in [0, 0.1) is 45.3 Å². The van der Waals surface area contributed by atoms with Crippen LogP contribution < -0.4 is 0 Å². The highest BCUT2D eigenvalue weighted by atomic mass is 14.7. The third-order valence-electron chi connectivity index (χ3n) is 4.15. The van der Waals surface area contributed by atoms with Gasteiger partial charge < -0.3 is 0 Å². The molecule has 0 heterocycles. The Morgan fingerprint density at radius 3 is 1.20 bits per heavy atom. The Hall–Kier alpha value is -5.04. The lowest BCUT2D eigenvalue weighted by Gasteiger charge is -1.99. The highest BCUT2D eigenvalue weighted by molar-refractivity contribution is 5.86. The van der Waals surface area contributed by atoms with E-state index in [0.717, 1.165) is 11.1 Å². The molecule has 0 N–H and O–H groups in total. The molecule has 0 bridgehead atoms. The van der Waals surface area contributed by atoms with Gasteiger partial charge >= 0.3 is 0 Å². The molecule has 0 spiro atoms. The fourth-order valence-corrected chi connectivity index (χ4v) is 2.57. The predicted octanol–water partition coefficient (Wildman–Crippen LogP) is 4.67. The lowest BCUT2D eigenvalue weighted by molar-refractivity contribution is 1.41. The molecule has 138 valence electrons. The molecule has 6 heteroatoms. The topological polar surface area (TPSA) is 120 Å². The maximum absolute atomic E-state index is 9.08. The number of hydrogen-bond acceptors (Lipinski definition) is 6. The van der Waals surface area contributed by atoms with Gasteiger partial charge in [-0.2, -0.15) is 21.0 Å². The van der Waals surface area contributed by atoms with Crippen LogP contribution in [0.2, 0.25) is 0 Å². The van der Waals surface area contributed by atoms with E-state index in [0.29, 0.717) is 33.6 Å². The van der Waals surface area contributed by atoms with Gasteiger partial charge in [-0.1, -0.05) is 24.3 Å². The molecule has 0 aromatic heterocycles. The summed E-state index contributed by atoms with van der Waals surface area (Å²) in [6.07, 6.45) is 3.34. The molecule has 0 aliphatic carbocycles. The van der Waals surface area contributed by atoms with Crippen molar-refractivity contribution < 1.29 is 0 Å². The molecule has 0 saturated carbocycles. The zero-order valence-corrected chi connectivity index (χ0v) is 15.6. The molecule has 3 rings (SSSR count). The highest BCUT2D eigenvalue weighted by Gasteiger charge is 2.02. The Labute approximate surface area is 173 Å². The van der Waals surface area contributed by atoms with Crippen LogP contribution in [0.25, 0.3) is 0 Å². The molecule has 0 aliphatic rings. The van der Waals surface area contributed by atoms with E-state index < -0.39 is 0 Å². The van der Waals surface area contributed by atoms with Crippen molar-refractivity contribution in [2.75, 3.05) is 0 Å². The van der Waals surface area contributed by atoms with Crippen molar-refractivity contribution in [1.29, 1.82) is 21.0 Å². The molecular formula is C24H12N6. The van der Waals surface area contributed by atoms with Crippen LogP contribution in [-0.4, -0.2) is 12.4 Å². The Bertz CT molecular complexity index is 1220. The summed E-state index contributed by atoms with van der Waals surface area (Å²) in [6.45, 7) is 0. The van der Waals surface area contributed by atoms with Crippen LogP contribution in [0.1, 0.15) is 33.4 Å². The van der Waals surface area contributed by atoms with Gasteiger partial charge in [-0.05, 0) is 47.5 Å². The molecule has 3 aromatic carbocycles. The summed E-state index contributed by atoms with van der Waals surface area (Å²) in [5.74, 6) is 0. The van der Waals surface area contributed by atoms with E-state index >= 15 is 0 Å². The van der Waals surface area contributed by atoms with Crippen LogP contribution in [0.3, 0.4) is 0 Å². The SMILES string of the molecule is N#Cc1ccc(N=Cc2ccc(C=Nc3ccc(C#N)c(C#N)c3)cc2)cc1C#N. The Kier molecular flexibility index (Phi) is 6.08. The van der Waals surface area contributed by atoms with Crippen LogP contribution in [-0.2, 0) is 0 Å². The number of nitrogens with zero attached hydrogens (tertiary/aromatic N) is 6. The van der Waals surface area contributed by atoms with Crippen molar-refractivity contribution >= 4 is 23.8 Å². The minimum Gasteiger partial charge on any atom is -0.256 e. The summed E-state index contributed by atoms with van der Waals surface area (Å²) in [5.41, 5.74) is 4.13. The lowest BCUT2D eigenvalue weighted by Crippen LogP contribution is -1.86. The van der Waals surface area contributed by atoms with Gasteiger partial charge in [0.05, 0.1) is 33.6 Å². The van der Waals surface area contributed by atoms with Gasteiger partial charge in [-0.3, -0.25) is 9.98 Å². The summed E-state index contributed by atoms with van der Waals surface area (Å²) in [5, 5.41) is 36.1. The van der Waals surface area contributed by atoms with E-state index in [1.807, 2.05) is 48.5 Å². The van der Waals surface area contributed by atoms with Crippen molar-refractivity contribution in [2.45, 2.75) is 0 Å². The molecule has 0 unspecified atom stereocenters. The van der Waals surface area contributed by atoms with E-state index in [1.54, 1.807) is 48.8 Å². The Balaban J connectivity index is 1.73. The van der Waals surface area contributed by atoms with Gasteiger partial charge in [0, 0.05) is 12.4 Å². The zero-order chi connectivity index (χ0) is 21.3. The summed E-state index contributed by atoms with van der Waals surface area (Å²) in [4.78, 5) is 8.69. The molecule has 6 nitrogen and oxygen atoms in total. The maximum atomic E-state index is 9.08. The molecule has 0 radical (unpaired) electrons. The van der Waals surface area contributed by atoms with E-state index in [2.05, 4.69) is 9.98 Å². The van der Waals surface area contributed by atoms with Gasteiger partial charge in [0.15, 0.2) is 0 Å². The van der Waals surface area contributed by atoms with Crippen molar-refractivity contribution in [1.82, 2.24) is 0 Å². The van der Waals surface area contributed by atoms with E-state index in [9.17, 15) is 0 Å². The molecule has 3 aromatic rings. The number of nitriles is 4. The maximum Gasteiger partial charge on any atom is 0.101 e. The van der Waals surface area contributed by atoms with E-state index in [-0.39, 0.29) is 0 Å². The van der Waals surface area contributed by atoms with Gasteiger partial charge in [-0.25, -0.2) is 0 Å². The summed E-state index contributed by atoms with van der Waals surface area (Å²) in [6, 6.07) is 25.1.